The number of nitrogens with zero attached hydrogens (tertiary/aromatic N) is 1. The van der Waals surface area contributed by atoms with Crippen LogP contribution in [0, 0.1) is 0 Å². The molecule has 14 heavy (non-hydrogen) atoms. The van der Waals surface area contributed by atoms with E-state index in [1.807, 2.05) is 0 Å². The Balaban J connectivity index is 2.66. The normalized spacial score (nSPS) is 29.9. The Morgan fingerprint density at radius 3 is 2.71 bits per heavy atom. The molecule has 0 aromatic rings. The predicted octanol–water partition coefficient (Wildman–Crippen LogP) is 2.19. The molecule has 0 radical (unpaired) electrons. The Bertz CT molecular complexity index is 212. The van der Waals surface area contributed by atoms with Gasteiger partial charge in [0.2, 0.25) is 0 Å². The molecule has 0 aromatic heterocycles. The molecule has 2 nitrogen and oxygen atoms in total. The van der Waals surface area contributed by atoms with Gasteiger partial charge in [0, 0.05) is 5.54 Å². The fraction of sp³-hybridized carbons (Fsp3) is 0.833. The highest BCUT2D eigenvalue weighted by Gasteiger charge is 2.37. The molecule has 1 heterocycles. The van der Waals surface area contributed by atoms with Crippen molar-refractivity contribution in [2.75, 3.05) is 20.2 Å². The third kappa shape index (κ3) is 2.37. The van der Waals surface area contributed by atoms with Gasteiger partial charge >= 0.3 is 0 Å². The Morgan fingerprint density at radius 2 is 2.29 bits per heavy atom. The van der Waals surface area contributed by atoms with E-state index >= 15 is 0 Å². The van der Waals surface area contributed by atoms with Gasteiger partial charge in [-0.15, -0.1) is 0 Å². The van der Waals surface area contributed by atoms with E-state index in [1.165, 1.54) is 12.0 Å². The standard InChI is InChI=1S/C12H23NO/c1-4-6-11(2)9-12(10-14)7-5-8-13(12)3/h6,14H,4-5,7-10H2,1-3H3/b11-6-. The van der Waals surface area contributed by atoms with Crippen molar-refractivity contribution in [3.05, 3.63) is 11.6 Å². The number of rotatable bonds is 4. The SMILES string of the molecule is CC/C=C(/C)CC1(CO)CCCN1C. The predicted molar refractivity (Wildman–Crippen MR) is 60.3 cm³/mol. The topological polar surface area (TPSA) is 23.5 Å². The molecule has 0 spiro atoms. The van der Waals surface area contributed by atoms with Gasteiger partial charge in [0.1, 0.15) is 0 Å². The molecule has 0 aromatic carbocycles. The molecular formula is C12H23NO. The number of likely N-dealkylation sites (tertiary alicyclic amines) is 1. The van der Waals surface area contributed by atoms with Gasteiger partial charge in [-0.1, -0.05) is 18.6 Å². The second kappa shape index (κ2) is 4.94. The highest BCUT2D eigenvalue weighted by atomic mass is 16.3. The maximum absolute atomic E-state index is 9.54. The van der Waals surface area contributed by atoms with E-state index in [4.69, 9.17) is 0 Å². The first-order chi connectivity index (χ1) is 6.64. The van der Waals surface area contributed by atoms with E-state index in [1.54, 1.807) is 0 Å². The minimum atomic E-state index is 0.0375. The minimum absolute atomic E-state index is 0.0375. The van der Waals surface area contributed by atoms with Crippen LogP contribution >= 0.6 is 0 Å². The van der Waals surface area contributed by atoms with Crippen molar-refractivity contribution in [1.29, 1.82) is 0 Å². The van der Waals surface area contributed by atoms with Crippen molar-refractivity contribution in [3.8, 4) is 0 Å². The van der Waals surface area contributed by atoms with Gasteiger partial charge in [0.05, 0.1) is 6.61 Å². The first-order valence-corrected chi connectivity index (χ1v) is 5.62. The summed E-state index contributed by atoms with van der Waals surface area (Å²) in [6, 6.07) is 0. The maximum Gasteiger partial charge on any atom is 0.0618 e. The largest absolute Gasteiger partial charge is 0.394 e. The van der Waals surface area contributed by atoms with E-state index in [-0.39, 0.29) is 5.54 Å². The summed E-state index contributed by atoms with van der Waals surface area (Å²) in [6.45, 7) is 5.75. The van der Waals surface area contributed by atoms with Crippen LogP contribution in [0.2, 0.25) is 0 Å². The van der Waals surface area contributed by atoms with Gasteiger partial charge in [-0.2, -0.15) is 0 Å². The lowest BCUT2D eigenvalue weighted by molar-refractivity contribution is 0.0839. The minimum Gasteiger partial charge on any atom is -0.394 e. The average Bonchev–Trinajstić information content (AvgIpc) is 2.49. The smallest absolute Gasteiger partial charge is 0.0618 e. The third-order valence-electron chi connectivity index (χ3n) is 3.40. The summed E-state index contributed by atoms with van der Waals surface area (Å²) in [5.74, 6) is 0. The van der Waals surface area contributed by atoms with Crippen LogP contribution in [0.5, 0.6) is 0 Å². The second-order valence-electron chi connectivity index (χ2n) is 4.54. The molecule has 1 aliphatic heterocycles. The maximum atomic E-state index is 9.54. The van der Waals surface area contributed by atoms with Gasteiger partial charge in [-0.25, -0.2) is 0 Å². The fourth-order valence-electron chi connectivity index (χ4n) is 2.49. The number of aliphatic hydroxyl groups is 1. The summed E-state index contributed by atoms with van der Waals surface area (Å²) in [6.07, 6.45) is 6.74. The molecule has 1 fully saturated rings. The molecule has 1 atom stereocenters. The highest BCUT2D eigenvalue weighted by molar-refractivity contribution is 5.08. The summed E-state index contributed by atoms with van der Waals surface area (Å²) in [5.41, 5.74) is 1.45. The molecular weight excluding hydrogens is 174 g/mol. The van der Waals surface area contributed by atoms with Crippen LogP contribution in [0.15, 0.2) is 11.6 Å². The fourth-order valence-corrected chi connectivity index (χ4v) is 2.49. The van der Waals surface area contributed by atoms with Gasteiger partial charge in [0.25, 0.3) is 0 Å². The van der Waals surface area contributed by atoms with Gasteiger partial charge in [-0.05, 0) is 46.2 Å². The summed E-state index contributed by atoms with van der Waals surface area (Å²) >= 11 is 0. The van der Waals surface area contributed by atoms with Gasteiger partial charge < -0.3 is 5.11 Å². The summed E-state index contributed by atoms with van der Waals surface area (Å²) < 4.78 is 0. The van der Waals surface area contributed by atoms with E-state index in [2.05, 4.69) is 31.9 Å². The van der Waals surface area contributed by atoms with Crippen molar-refractivity contribution in [2.45, 2.75) is 45.1 Å². The van der Waals surface area contributed by atoms with Crippen LogP contribution in [0.25, 0.3) is 0 Å². The lowest BCUT2D eigenvalue weighted by Gasteiger charge is -2.35. The molecule has 0 aliphatic carbocycles. The molecule has 1 aliphatic rings. The molecule has 1 unspecified atom stereocenters. The van der Waals surface area contributed by atoms with Gasteiger partial charge in [-0.3, -0.25) is 4.90 Å². The molecule has 1 N–H and O–H groups in total. The molecule has 82 valence electrons. The first-order valence-electron chi connectivity index (χ1n) is 5.62. The zero-order valence-corrected chi connectivity index (χ0v) is 9.71. The quantitative estimate of drug-likeness (QED) is 0.698. The first kappa shape index (κ1) is 11.7. The van der Waals surface area contributed by atoms with Crippen LogP contribution in [0.3, 0.4) is 0 Å². The Hall–Kier alpha value is -0.340. The summed E-state index contributed by atoms with van der Waals surface area (Å²) in [4.78, 5) is 2.32. The number of aliphatic hydroxyl groups excluding tert-OH is 1. The van der Waals surface area contributed by atoms with Gasteiger partial charge in [0.15, 0.2) is 0 Å². The van der Waals surface area contributed by atoms with E-state index < -0.39 is 0 Å². The molecule has 0 amide bonds. The van der Waals surface area contributed by atoms with E-state index in [0.717, 1.165) is 25.8 Å². The van der Waals surface area contributed by atoms with E-state index in [9.17, 15) is 5.11 Å². The van der Waals surface area contributed by atoms with Crippen molar-refractivity contribution in [2.24, 2.45) is 0 Å². The molecule has 1 rings (SSSR count). The molecule has 0 bridgehead atoms. The number of likely N-dealkylation sites (N-methyl/N-ethyl adjacent to an activating group) is 1. The molecule has 1 saturated heterocycles. The second-order valence-corrected chi connectivity index (χ2v) is 4.54. The van der Waals surface area contributed by atoms with Crippen LogP contribution in [-0.2, 0) is 0 Å². The Labute approximate surface area is 87.6 Å². The molecule has 0 saturated carbocycles. The lowest BCUT2D eigenvalue weighted by Crippen LogP contribution is -2.44. The number of hydrogen-bond acceptors (Lipinski definition) is 2. The lowest BCUT2D eigenvalue weighted by atomic mass is 9.89. The third-order valence-corrected chi connectivity index (χ3v) is 3.40. The number of hydrogen-bond donors (Lipinski definition) is 1. The van der Waals surface area contributed by atoms with Crippen molar-refractivity contribution in [1.82, 2.24) is 4.90 Å². The monoisotopic (exact) mass is 197 g/mol. The zero-order valence-electron chi connectivity index (χ0n) is 9.71. The summed E-state index contributed by atoms with van der Waals surface area (Å²) in [5, 5.41) is 9.54. The van der Waals surface area contributed by atoms with E-state index in [0.29, 0.717) is 6.61 Å². The molecule has 2 heteroatoms. The zero-order chi connectivity index (χ0) is 10.6. The van der Waals surface area contributed by atoms with Crippen molar-refractivity contribution < 1.29 is 5.11 Å². The van der Waals surface area contributed by atoms with Crippen LogP contribution in [-0.4, -0.2) is 35.7 Å². The Kier molecular flexibility index (Phi) is 4.14. The number of allylic oxidation sites excluding steroid dienone is 1. The highest BCUT2D eigenvalue weighted by Crippen LogP contribution is 2.33. The van der Waals surface area contributed by atoms with Crippen LogP contribution in [0.4, 0.5) is 0 Å². The summed E-state index contributed by atoms with van der Waals surface area (Å²) in [7, 11) is 2.13. The van der Waals surface area contributed by atoms with Crippen molar-refractivity contribution >= 4 is 0 Å². The average molecular weight is 197 g/mol. The Morgan fingerprint density at radius 1 is 1.57 bits per heavy atom. The van der Waals surface area contributed by atoms with Crippen LogP contribution < -0.4 is 0 Å². The van der Waals surface area contributed by atoms with Crippen molar-refractivity contribution in [3.63, 3.8) is 0 Å². The van der Waals surface area contributed by atoms with Crippen LogP contribution in [0.1, 0.15) is 39.5 Å².